The molecule has 3 rings (SSSR count). The van der Waals surface area contributed by atoms with E-state index in [4.69, 9.17) is 0 Å². The number of amides is 1. The monoisotopic (exact) mass is 399 g/mol. The number of fused-ring (bicyclic) bond motifs is 1. The molecule has 1 aromatic heterocycles. The Morgan fingerprint density at radius 3 is 2.56 bits per heavy atom. The van der Waals surface area contributed by atoms with Gasteiger partial charge in [-0.05, 0) is 24.1 Å². The number of carbonyl (C=O) groups excluding carboxylic acids is 1. The summed E-state index contributed by atoms with van der Waals surface area (Å²) in [5.74, 6) is -0.108. The minimum atomic E-state index is -0.159. The molecule has 1 heterocycles. The van der Waals surface area contributed by atoms with Crippen molar-refractivity contribution in [3.63, 3.8) is 0 Å². The van der Waals surface area contributed by atoms with Crippen molar-refractivity contribution >= 4 is 32.6 Å². The second-order valence-electron chi connectivity index (χ2n) is 5.79. The molecule has 2 aromatic carbocycles. The summed E-state index contributed by atoms with van der Waals surface area (Å²) in [5.41, 5.74) is 1.60. The van der Waals surface area contributed by atoms with Crippen molar-refractivity contribution in [3.8, 4) is 0 Å². The summed E-state index contributed by atoms with van der Waals surface area (Å²) >= 11 is 3.50. The molecule has 0 unspecified atom stereocenters. The van der Waals surface area contributed by atoms with Crippen LogP contribution in [-0.4, -0.2) is 22.2 Å². The number of carbonyl (C=O) groups is 1. The van der Waals surface area contributed by atoms with E-state index in [0.29, 0.717) is 17.6 Å². The number of hydrogen-bond acceptors (Lipinski definition) is 3. The van der Waals surface area contributed by atoms with Gasteiger partial charge in [-0.1, -0.05) is 52.3 Å². The summed E-state index contributed by atoms with van der Waals surface area (Å²) in [4.78, 5) is 24.4. The molecule has 3 aromatic rings. The highest BCUT2D eigenvalue weighted by molar-refractivity contribution is 9.10. The summed E-state index contributed by atoms with van der Waals surface area (Å²) in [6, 6.07) is 15.2. The summed E-state index contributed by atoms with van der Waals surface area (Å²) < 4.78 is 2.32. The third kappa shape index (κ3) is 3.96. The van der Waals surface area contributed by atoms with Crippen LogP contribution >= 0.6 is 15.9 Å². The van der Waals surface area contributed by atoms with E-state index in [1.165, 1.54) is 4.68 Å². The lowest BCUT2D eigenvalue weighted by Crippen LogP contribution is -2.29. The first-order valence-corrected chi connectivity index (χ1v) is 8.80. The van der Waals surface area contributed by atoms with Gasteiger partial charge in [-0.3, -0.25) is 9.59 Å². The van der Waals surface area contributed by atoms with E-state index in [1.807, 2.05) is 42.5 Å². The molecule has 128 valence electrons. The molecule has 0 radical (unpaired) electrons. The Labute approximate surface area is 153 Å². The van der Waals surface area contributed by atoms with E-state index in [0.717, 1.165) is 21.8 Å². The molecule has 0 aliphatic rings. The fraction of sp³-hybridized carbons (Fsp3) is 0.211. The molecule has 0 atom stereocenters. The van der Waals surface area contributed by atoms with Gasteiger partial charge in [0.25, 0.3) is 5.56 Å². The molecular weight excluding hydrogens is 382 g/mol. The summed E-state index contributed by atoms with van der Waals surface area (Å²) in [7, 11) is 1.60. The molecule has 1 N–H and O–H groups in total. The minimum Gasteiger partial charge on any atom is -0.355 e. The number of nitrogens with one attached hydrogen (secondary N) is 1. The predicted molar refractivity (Wildman–Crippen MR) is 102 cm³/mol. The zero-order valence-electron chi connectivity index (χ0n) is 13.8. The summed E-state index contributed by atoms with van der Waals surface area (Å²) in [5, 5.41) is 8.48. The maximum atomic E-state index is 12.3. The van der Waals surface area contributed by atoms with E-state index >= 15 is 0 Å². The number of benzene rings is 2. The van der Waals surface area contributed by atoms with Gasteiger partial charge in [0.05, 0.1) is 17.5 Å². The van der Waals surface area contributed by atoms with E-state index in [-0.39, 0.29) is 17.9 Å². The van der Waals surface area contributed by atoms with Gasteiger partial charge in [0.2, 0.25) is 5.91 Å². The number of hydrogen-bond donors (Lipinski definition) is 1. The van der Waals surface area contributed by atoms with Crippen LogP contribution in [0.3, 0.4) is 0 Å². The maximum Gasteiger partial charge on any atom is 0.274 e. The Bertz CT molecular complexity index is 982. The fourth-order valence-corrected chi connectivity index (χ4v) is 3.24. The lowest BCUT2D eigenvalue weighted by Gasteiger charge is -2.09. The Morgan fingerprint density at radius 1 is 1.12 bits per heavy atom. The van der Waals surface area contributed by atoms with Gasteiger partial charge in [0.15, 0.2) is 0 Å². The largest absolute Gasteiger partial charge is 0.355 e. The molecule has 0 fully saturated rings. The molecule has 1 amide bonds. The first-order chi connectivity index (χ1) is 12.1. The van der Waals surface area contributed by atoms with Crippen LogP contribution in [-0.2, 0) is 24.7 Å². The van der Waals surface area contributed by atoms with Gasteiger partial charge in [-0.15, -0.1) is 0 Å². The van der Waals surface area contributed by atoms with Crippen LogP contribution in [0.4, 0.5) is 0 Å². The van der Waals surface area contributed by atoms with Gasteiger partial charge in [0.1, 0.15) is 0 Å². The zero-order valence-corrected chi connectivity index (χ0v) is 15.4. The topological polar surface area (TPSA) is 64.0 Å². The first-order valence-electron chi connectivity index (χ1n) is 8.01. The average Bonchev–Trinajstić information content (AvgIpc) is 2.61. The van der Waals surface area contributed by atoms with Crippen molar-refractivity contribution in [1.29, 1.82) is 0 Å². The summed E-state index contributed by atoms with van der Waals surface area (Å²) in [6.07, 6.45) is 0.888. The van der Waals surface area contributed by atoms with Gasteiger partial charge in [-0.2, -0.15) is 5.10 Å². The highest BCUT2D eigenvalue weighted by Crippen LogP contribution is 2.16. The lowest BCUT2D eigenvalue weighted by atomic mass is 10.1. The number of nitrogens with zero attached hydrogens (tertiary/aromatic N) is 2. The molecular formula is C19H18BrN3O2. The molecule has 25 heavy (non-hydrogen) atoms. The maximum absolute atomic E-state index is 12.3. The molecule has 6 heteroatoms. The van der Waals surface area contributed by atoms with Crippen LogP contribution in [0.1, 0.15) is 11.3 Å². The van der Waals surface area contributed by atoms with Crippen molar-refractivity contribution in [2.24, 2.45) is 7.05 Å². The second-order valence-corrected chi connectivity index (χ2v) is 6.64. The molecule has 0 saturated carbocycles. The predicted octanol–water partition coefficient (Wildman–Crippen LogP) is 2.60. The third-order valence-electron chi connectivity index (χ3n) is 4.04. The number of rotatable bonds is 5. The standard InChI is InChI=1S/C19H18BrN3O2/c1-23-19(25)15-8-4-3-7-14(15)17(22-23)12-18(24)21-11-10-13-6-2-5-9-16(13)20/h2-9H,10-12H2,1H3,(H,21,24). The zero-order chi connectivity index (χ0) is 17.8. The SMILES string of the molecule is Cn1nc(CC(=O)NCCc2ccccc2Br)c2ccccc2c1=O. The van der Waals surface area contributed by atoms with E-state index in [1.54, 1.807) is 13.1 Å². The smallest absolute Gasteiger partial charge is 0.274 e. The van der Waals surface area contributed by atoms with Crippen LogP contribution in [0.25, 0.3) is 10.8 Å². The van der Waals surface area contributed by atoms with Crippen LogP contribution < -0.4 is 10.9 Å². The van der Waals surface area contributed by atoms with Crippen molar-refractivity contribution in [3.05, 3.63) is 74.6 Å². The van der Waals surface area contributed by atoms with Crippen molar-refractivity contribution < 1.29 is 4.79 Å². The van der Waals surface area contributed by atoms with Crippen molar-refractivity contribution in [2.75, 3.05) is 6.54 Å². The lowest BCUT2D eigenvalue weighted by molar-refractivity contribution is -0.120. The van der Waals surface area contributed by atoms with Gasteiger partial charge in [0, 0.05) is 23.5 Å². The summed E-state index contributed by atoms with van der Waals surface area (Å²) in [6.45, 7) is 0.547. The highest BCUT2D eigenvalue weighted by atomic mass is 79.9. The van der Waals surface area contributed by atoms with Crippen LogP contribution in [0.5, 0.6) is 0 Å². The van der Waals surface area contributed by atoms with Gasteiger partial charge in [-0.25, -0.2) is 4.68 Å². The van der Waals surface area contributed by atoms with E-state index in [2.05, 4.69) is 26.3 Å². The quantitative estimate of drug-likeness (QED) is 0.716. The van der Waals surface area contributed by atoms with Crippen molar-refractivity contribution in [2.45, 2.75) is 12.8 Å². The average molecular weight is 400 g/mol. The van der Waals surface area contributed by atoms with E-state index < -0.39 is 0 Å². The fourth-order valence-electron chi connectivity index (χ4n) is 2.76. The van der Waals surface area contributed by atoms with Crippen molar-refractivity contribution in [1.82, 2.24) is 15.1 Å². The molecule has 0 spiro atoms. The number of aryl methyl sites for hydroxylation is 1. The second kappa shape index (κ2) is 7.61. The van der Waals surface area contributed by atoms with Crippen LogP contribution in [0, 0.1) is 0 Å². The molecule has 0 aliphatic carbocycles. The Hall–Kier alpha value is -2.47. The number of aromatic nitrogens is 2. The van der Waals surface area contributed by atoms with Gasteiger partial charge < -0.3 is 5.32 Å². The van der Waals surface area contributed by atoms with Gasteiger partial charge >= 0.3 is 0 Å². The number of halogens is 1. The highest BCUT2D eigenvalue weighted by Gasteiger charge is 2.12. The molecule has 0 aliphatic heterocycles. The third-order valence-corrected chi connectivity index (χ3v) is 4.81. The Kier molecular flexibility index (Phi) is 5.28. The molecule has 5 nitrogen and oxygen atoms in total. The Morgan fingerprint density at radius 2 is 1.80 bits per heavy atom. The molecule has 0 bridgehead atoms. The first kappa shape index (κ1) is 17.4. The van der Waals surface area contributed by atoms with E-state index in [9.17, 15) is 9.59 Å². The normalized spacial score (nSPS) is 10.8. The minimum absolute atomic E-state index is 0.108. The molecule has 0 saturated heterocycles. The Balaban J connectivity index is 1.69. The van der Waals surface area contributed by atoms with Crippen LogP contribution in [0.2, 0.25) is 0 Å². The van der Waals surface area contributed by atoms with Crippen LogP contribution in [0.15, 0.2) is 57.8 Å².